The summed E-state index contributed by atoms with van der Waals surface area (Å²) in [5.41, 5.74) is 3.43. The molecule has 0 fully saturated rings. The number of carboxylic acid groups (broad SMARTS) is 1. The molecule has 0 aliphatic heterocycles. The van der Waals surface area contributed by atoms with Gasteiger partial charge in [0, 0.05) is 15.9 Å². The average Bonchev–Trinajstić information content (AvgIpc) is 2.77. The van der Waals surface area contributed by atoms with E-state index in [1.54, 1.807) is 6.07 Å². The highest BCUT2D eigenvalue weighted by molar-refractivity contribution is 6.30. The molecule has 3 rings (SSSR count). The number of carbonyl (C=O) groups is 1. The molecule has 1 heterocycles. The molecule has 0 aliphatic rings. The van der Waals surface area contributed by atoms with Gasteiger partial charge in [-0.05, 0) is 29.3 Å². The number of H-pyrrole nitrogens is 1. The van der Waals surface area contributed by atoms with Gasteiger partial charge in [-0.15, -0.1) is 0 Å². The molecule has 0 unspecified atom stereocenters. The Bertz CT molecular complexity index is 792. The van der Waals surface area contributed by atoms with Crippen molar-refractivity contribution in [2.24, 2.45) is 0 Å². The summed E-state index contributed by atoms with van der Waals surface area (Å²) in [6.45, 7) is 0. The molecule has 2 aromatic carbocycles. The third-order valence-electron chi connectivity index (χ3n) is 3.25. The monoisotopic (exact) mass is 285 g/mol. The summed E-state index contributed by atoms with van der Waals surface area (Å²) >= 11 is 6.02. The number of para-hydroxylation sites is 1. The molecule has 3 nitrogen and oxygen atoms in total. The van der Waals surface area contributed by atoms with Crippen molar-refractivity contribution in [2.45, 2.75) is 6.42 Å². The maximum atomic E-state index is 11.1. The van der Waals surface area contributed by atoms with E-state index in [1.807, 2.05) is 42.5 Å². The predicted molar refractivity (Wildman–Crippen MR) is 80.1 cm³/mol. The van der Waals surface area contributed by atoms with Gasteiger partial charge in [0.15, 0.2) is 0 Å². The summed E-state index contributed by atoms with van der Waals surface area (Å²) in [5, 5.41) is 10.7. The minimum atomic E-state index is -0.849. The van der Waals surface area contributed by atoms with Crippen molar-refractivity contribution in [1.82, 2.24) is 4.98 Å². The van der Waals surface area contributed by atoms with E-state index < -0.39 is 5.97 Å². The highest BCUT2D eigenvalue weighted by Gasteiger charge is 2.15. The lowest BCUT2D eigenvalue weighted by atomic mass is 10.0. The predicted octanol–water partition coefficient (Wildman–Crippen LogP) is 4.12. The van der Waals surface area contributed by atoms with Crippen LogP contribution in [0.1, 0.15) is 5.56 Å². The third-order valence-corrected chi connectivity index (χ3v) is 3.49. The standard InChI is InChI=1S/C16H12ClNO2/c17-11-5-3-4-10(8-11)16-13(9-15(19)20)12-6-1-2-7-14(12)18-16/h1-8,18H,9H2,(H,19,20). The fourth-order valence-corrected chi connectivity index (χ4v) is 2.62. The van der Waals surface area contributed by atoms with Crippen LogP contribution in [0.5, 0.6) is 0 Å². The first-order valence-corrected chi connectivity index (χ1v) is 6.60. The Morgan fingerprint density at radius 1 is 1.15 bits per heavy atom. The van der Waals surface area contributed by atoms with Crippen LogP contribution in [-0.2, 0) is 11.2 Å². The van der Waals surface area contributed by atoms with Crippen molar-refractivity contribution in [3.8, 4) is 11.3 Å². The molecular weight excluding hydrogens is 274 g/mol. The van der Waals surface area contributed by atoms with Gasteiger partial charge in [0.2, 0.25) is 0 Å². The number of aliphatic carboxylic acids is 1. The molecule has 0 atom stereocenters. The molecule has 20 heavy (non-hydrogen) atoms. The first kappa shape index (κ1) is 12.8. The molecule has 1 aromatic heterocycles. The van der Waals surface area contributed by atoms with Crippen molar-refractivity contribution in [2.75, 3.05) is 0 Å². The lowest BCUT2D eigenvalue weighted by molar-refractivity contribution is -0.136. The van der Waals surface area contributed by atoms with Gasteiger partial charge >= 0.3 is 5.97 Å². The zero-order valence-electron chi connectivity index (χ0n) is 10.6. The van der Waals surface area contributed by atoms with Crippen LogP contribution in [0.25, 0.3) is 22.2 Å². The van der Waals surface area contributed by atoms with E-state index in [1.165, 1.54) is 0 Å². The SMILES string of the molecule is O=C(O)Cc1c(-c2cccc(Cl)c2)[nH]c2ccccc12. The quantitative estimate of drug-likeness (QED) is 0.761. The zero-order chi connectivity index (χ0) is 14.1. The molecule has 0 amide bonds. The van der Waals surface area contributed by atoms with E-state index in [2.05, 4.69) is 4.98 Å². The number of aromatic nitrogens is 1. The largest absolute Gasteiger partial charge is 0.481 e. The van der Waals surface area contributed by atoms with Crippen molar-refractivity contribution in [1.29, 1.82) is 0 Å². The number of hydrogen-bond acceptors (Lipinski definition) is 1. The fourth-order valence-electron chi connectivity index (χ4n) is 2.43. The average molecular weight is 286 g/mol. The summed E-state index contributed by atoms with van der Waals surface area (Å²) in [5.74, 6) is -0.849. The van der Waals surface area contributed by atoms with Gasteiger partial charge in [-0.2, -0.15) is 0 Å². The second kappa shape index (κ2) is 5.02. The fraction of sp³-hybridized carbons (Fsp3) is 0.0625. The molecule has 0 saturated heterocycles. The van der Waals surface area contributed by atoms with Crippen LogP contribution < -0.4 is 0 Å². The number of rotatable bonds is 3. The third kappa shape index (κ3) is 2.28. The van der Waals surface area contributed by atoms with E-state index in [4.69, 9.17) is 16.7 Å². The Morgan fingerprint density at radius 2 is 1.95 bits per heavy atom. The maximum Gasteiger partial charge on any atom is 0.307 e. The summed E-state index contributed by atoms with van der Waals surface area (Å²) in [7, 11) is 0. The Morgan fingerprint density at radius 3 is 2.70 bits per heavy atom. The first-order valence-electron chi connectivity index (χ1n) is 6.22. The van der Waals surface area contributed by atoms with Crippen LogP contribution in [0, 0.1) is 0 Å². The molecular formula is C16H12ClNO2. The zero-order valence-corrected chi connectivity index (χ0v) is 11.3. The molecule has 100 valence electrons. The lowest BCUT2D eigenvalue weighted by Crippen LogP contribution is -2.00. The second-order valence-corrected chi connectivity index (χ2v) is 5.04. The minimum Gasteiger partial charge on any atom is -0.481 e. The Hall–Kier alpha value is -2.26. The number of halogens is 1. The van der Waals surface area contributed by atoms with Gasteiger partial charge in [0.1, 0.15) is 0 Å². The van der Waals surface area contributed by atoms with Crippen LogP contribution in [-0.4, -0.2) is 16.1 Å². The smallest absolute Gasteiger partial charge is 0.307 e. The van der Waals surface area contributed by atoms with Crippen molar-refractivity contribution in [3.63, 3.8) is 0 Å². The van der Waals surface area contributed by atoms with Crippen LogP contribution in [0.15, 0.2) is 48.5 Å². The number of nitrogens with one attached hydrogen (secondary N) is 1. The summed E-state index contributed by atoms with van der Waals surface area (Å²) in [6.07, 6.45) is -0.0220. The second-order valence-electron chi connectivity index (χ2n) is 4.60. The van der Waals surface area contributed by atoms with Crippen molar-refractivity contribution in [3.05, 3.63) is 59.1 Å². The highest BCUT2D eigenvalue weighted by Crippen LogP contribution is 2.31. The molecule has 0 saturated carbocycles. The normalized spacial score (nSPS) is 10.8. The first-order chi connectivity index (χ1) is 9.65. The van der Waals surface area contributed by atoms with E-state index in [0.29, 0.717) is 5.02 Å². The highest BCUT2D eigenvalue weighted by atomic mass is 35.5. The number of aromatic amines is 1. The van der Waals surface area contributed by atoms with Crippen molar-refractivity contribution >= 4 is 28.5 Å². The molecule has 0 aliphatic carbocycles. The molecule has 0 bridgehead atoms. The minimum absolute atomic E-state index is 0.0220. The van der Waals surface area contributed by atoms with Gasteiger partial charge in [-0.3, -0.25) is 4.79 Å². The molecule has 0 radical (unpaired) electrons. The number of hydrogen-bond donors (Lipinski definition) is 2. The van der Waals surface area contributed by atoms with Crippen molar-refractivity contribution < 1.29 is 9.90 Å². The maximum absolute atomic E-state index is 11.1. The van der Waals surface area contributed by atoms with Gasteiger partial charge in [-0.1, -0.05) is 41.9 Å². The van der Waals surface area contributed by atoms with Gasteiger partial charge in [-0.25, -0.2) is 0 Å². The topological polar surface area (TPSA) is 53.1 Å². The van der Waals surface area contributed by atoms with E-state index in [9.17, 15) is 4.79 Å². The van der Waals surface area contributed by atoms with Crippen LogP contribution in [0.4, 0.5) is 0 Å². The number of benzene rings is 2. The van der Waals surface area contributed by atoms with Crippen LogP contribution in [0.3, 0.4) is 0 Å². The number of carboxylic acids is 1. The molecule has 0 spiro atoms. The number of fused-ring (bicyclic) bond motifs is 1. The van der Waals surface area contributed by atoms with E-state index in [-0.39, 0.29) is 6.42 Å². The Kier molecular flexibility index (Phi) is 3.20. The summed E-state index contributed by atoms with van der Waals surface area (Å²) < 4.78 is 0. The Balaban J connectivity index is 2.26. The molecule has 2 N–H and O–H groups in total. The van der Waals surface area contributed by atoms with Gasteiger partial charge < -0.3 is 10.1 Å². The van der Waals surface area contributed by atoms with Crippen LogP contribution in [0.2, 0.25) is 5.02 Å². The van der Waals surface area contributed by atoms with Gasteiger partial charge in [0.25, 0.3) is 0 Å². The van der Waals surface area contributed by atoms with Gasteiger partial charge in [0.05, 0.1) is 12.1 Å². The van der Waals surface area contributed by atoms with Crippen LogP contribution >= 0.6 is 11.6 Å². The lowest BCUT2D eigenvalue weighted by Gasteiger charge is -2.03. The van der Waals surface area contributed by atoms with E-state index in [0.717, 1.165) is 27.7 Å². The molecule has 4 heteroatoms. The summed E-state index contributed by atoms with van der Waals surface area (Å²) in [6, 6.07) is 15.1. The summed E-state index contributed by atoms with van der Waals surface area (Å²) in [4.78, 5) is 14.4. The molecule has 3 aromatic rings. The van der Waals surface area contributed by atoms with E-state index >= 15 is 0 Å². The Labute approximate surface area is 120 Å².